The summed E-state index contributed by atoms with van der Waals surface area (Å²) >= 11 is 0. The van der Waals surface area contributed by atoms with Crippen LogP contribution in [0.2, 0.25) is 39.3 Å². The minimum absolute atomic E-state index is 0.0401. The van der Waals surface area contributed by atoms with Gasteiger partial charge >= 0.3 is 0 Å². The molecule has 4 aliphatic carbocycles. The maximum Gasteiger partial charge on any atom is 0.184 e. The van der Waals surface area contributed by atoms with Crippen molar-refractivity contribution in [2.24, 2.45) is 28.6 Å². The molecule has 0 aromatic carbocycles. The first-order valence-electron chi connectivity index (χ1n) is 12.3. The van der Waals surface area contributed by atoms with Crippen molar-refractivity contribution in [1.82, 2.24) is 0 Å². The van der Waals surface area contributed by atoms with Crippen LogP contribution in [0.3, 0.4) is 0 Å². The Morgan fingerprint density at radius 2 is 1.63 bits per heavy atom. The number of hydrogen-bond donors (Lipinski definition) is 0. The number of rotatable bonds is 4. The highest BCUT2D eigenvalue weighted by molar-refractivity contribution is 6.70. The molecule has 4 aliphatic rings. The van der Waals surface area contributed by atoms with Gasteiger partial charge in [-0.2, -0.15) is 0 Å². The first-order valence-corrected chi connectivity index (χ1v) is 19.1. The monoisotopic (exact) mass is 448 g/mol. The van der Waals surface area contributed by atoms with E-state index >= 15 is 0 Å². The fraction of sp³-hybridized carbons (Fsp3) is 0.880. The van der Waals surface area contributed by atoms with E-state index in [0.717, 1.165) is 38.5 Å². The molecule has 0 bridgehead atoms. The van der Waals surface area contributed by atoms with E-state index in [1.165, 1.54) is 12.0 Å². The molecule has 170 valence electrons. The Labute approximate surface area is 186 Å². The van der Waals surface area contributed by atoms with E-state index in [9.17, 15) is 4.79 Å². The van der Waals surface area contributed by atoms with Crippen LogP contribution in [-0.2, 0) is 13.6 Å². The second-order valence-corrected chi connectivity index (χ2v) is 22.1. The zero-order valence-electron chi connectivity index (χ0n) is 20.6. The van der Waals surface area contributed by atoms with Gasteiger partial charge in [-0.3, -0.25) is 4.79 Å². The number of carbonyl (C=O) groups excluding carboxylic acids is 1. The average molecular weight is 449 g/mol. The van der Waals surface area contributed by atoms with Crippen molar-refractivity contribution in [3.63, 3.8) is 0 Å². The smallest absolute Gasteiger partial charge is 0.184 e. The second-order valence-electron chi connectivity index (χ2n) is 13.2. The minimum Gasteiger partial charge on any atom is -0.414 e. The predicted molar refractivity (Wildman–Crippen MR) is 129 cm³/mol. The van der Waals surface area contributed by atoms with Crippen LogP contribution < -0.4 is 0 Å². The first kappa shape index (κ1) is 22.9. The van der Waals surface area contributed by atoms with Gasteiger partial charge in [-0.15, -0.1) is 0 Å². The lowest BCUT2D eigenvalue weighted by Gasteiger charge is -2.57. The molecule has 0 radical (unpaired) electrons. The van der Waals surface area contributed by atoms with Crippen molar-refractivity contribution in [3.05, 3.63) is 11.6 Å². The van der Waals surface area contributed by atoms with Crippen LogP contribution in [0.1, 0.15) is 58.8 Å². The van der Waals surface area contributed by atoms with E-state index in [2.05, 4.69) is 59.2 Å². The maximum absolute atomic E-state index is 13.8. The van der Waals surface area contributed by atoms with E-state index in [4.69, 9.17) is 8.85 Å². The number of Topliss-reactive ketones (excluding diaryl/α,β-unsaturated/α-hetero) is 1. The zero-order valence-corrected chi connectivity index (χ0v) is 22.6. The highest BCUT2D eigenvalue weighted by Crippen LogP contribution is 2.64. The summed E-state index contributed by atoms with van der Waals surface area (Å²) in [6, 6.07) is 0. The lowest BCUT2D eigenvalue weighted by atomic mass is 9.47. The van der Waals surface area contributed by atoms with Crippen molar-refractivity contribution < 1.29 is 13.6 Å². The molecule has 0 amide bonds. The van der Waals surface area contributed by atoms with Crippen LogP contribution in [0.25, 0.3) is 0 Å². The van der Waals surface area contributed by atoms with E-state index < -0.39 is 16.6 Å². The summed E-state index contributed by atoms with van der Waals surface area (Å²) in [4.78, 5) is 13.8. The Hall–Kier alpha value is -0.236. The molecule has 0 aliphatic heterocycles. The summed E-state index contributed by atoms with van der Waals surface area (Å²) in [6.07, 6.45) is 10.6. The van der Waals surface area contributed by atoms with Crippen molar-refractivity contribution in [1.29, 1.82) is 0 Å². The normalized spacial score (nSPS) is 44.2. The van der Waals surface area contributed by atoms with Gasteiger partial charge in [0.1, 0.15) is 5.78 Å². The Morgan fingerprint density at radius 1 is 0.967 bits per heavy atom. The topological polar surface area (TPSA) is 35.5 Å². The largest absolute Gasteiger partial charge is 0.414 e. The van der Waals surface area contributed by atoms with E-state index in [1.54, 1.807) is 0 Å². The standard InChI is InChI=1S/C25H44O3Si2/c1-24-14-13-18(27-29(3,4)5)15-17(24)9-10-19-20-11-12-22(28-30(6,7)8)25(20,2)16-21(26)23(19)24/h9,18-20,22-23H,10-16H2,1-8H3/t18-,19-,20-,22-,23+,24-,25-/m0/s1. The Morgan fingerprint density at radius 3 is 2.27 bits per heavy atom. The van der Waals surface area contributed by atoms with Gasteiger partial charge < -0.3 is 8.85 Å². The summed E-state index contributed by atoms with van der Waals surface area (Å²) in [5, 5.41) is 0. The van der Waals surface area contributed by atoms with Gasteiger partial charge in [-0.05, 0) is 95.1 Å². The molecule has 5 heteroatoms. The molecular weight excluding hydrogens is 404 g/mol. The molecule has 0 heterocycles. The Bertz CT molecular complexity index is 734. The number of fused-ring (bicyclic) bond motifs is 5. The number of hydrogen-bond acceptors (Lipinski definition) is 3. The third kappa shape index (κ3) is 3.97. The van der Waals surface area contributed by atoms with E-state index in [0.29, 0.717) is 23.7 Å². The van der Waals surface area contributed by atoms with E-state index in [-0.39, 0.29) is 22.9 Å². The maximum atomic E-state index is 13.8. The van der Waals surface area contributed by atoms with Crippen molar-refractivity contribution in [2.45, 2.75) is 110 Å². The number of carbonyl (C=O) groups is 1. The van der Waals surface area contributed by atoms with Crippen LogP contribution in [0.15, 0.2) is 11.6 Å². The molecule has 0 aromatic heterocycles. The SMILES string of the molecule is C[C@]12CC(=O)[C@H]3[C@@H](CC=C4C[C@@H](O[Si](C)(C)C)CC[C@@]43C)[C@@H]1CC[C@@H]2O[Si](C)(C)C. The summed E-state index contributed by atoms with van der Waals surface area (Å²) in [7, 11) is -3.15. The summed E-state index contributed by atoms with van der Waals surface area (Å²) in [6.45, 7) is 18.5. The van der Waals surface area contributed by atoms with Crippen LogP contribution in [0.4, 0.5) is 0 Å². The van der Waals surface area contributed by atoms with E-state index in [1.807, 2.05) is 0 Å². The second kappa shape index (κ2) is 7.39. The molecule has 0 aromatic rings. The average Bonchev–Trinajstić information content (AvgIpc) is 2.88. The lowest BCUT2D eigenvalue weighted by Crippen LogP contribution is -2.56. The fourth-order valence-electron chi connectivity index (χ4n) is 7.63. The summed E-state index contributed by atoms with van der Waals surface area (Å²) in [5.74, 6) is 1.89. The third-order valence-corrected chi connectivity index (χ3v) is 10.7. The Kier molecular flexibility index (Phi) is 5.65. The first-order chi connectivity index (χ1) is 13.7. The van der Waals surface area contributed by atoms with Crippen molar-refractivity contribution >= 4 is 22.4 Å². The summed E-state index contributed by atoms with van der Waals surface area (Å²) < 4.78 is 13.1. The van der Waals surface area contributed by atoms with Gasteiger partial charge in [0.2, 0.25) is 0 Å². The third-order valence-electron chi connectivity index (χ3n) is 8.68. The molecular formula is C25H44O3Si2. The van der Waals surface area contributed by atoms with Crippen LogP contribution in [0, 0.1) is 28.6 Å². The molecule has 3 saturated carbocycles. The number of ketones is 1. The molecule has 0 saturated heterocycles. The molecule has 3 fully saturated rings. The van der Waals surface area contributed by atoms with Crippen molar-refractivity contribution in [3.8, 4) is 0 Å². The minimum atomic E-state index is -1.62. The van der Waals surface area contributed by atoms with Gasteiger partial charge in [0.05, 0.1) is 6.10 Å². The highest BCUT2D eigenvalue weighted by atomic mass is 28.4. The lowest BCUT2D eigenvalue weighted by molar-refractivity contribution is -0.146. The summed E-state index contributed by atoms with van der Waals surface area (Å²) in [5.41, 5.74) is 1.62. The van der Waals surface area contributed by atoms with Crippen LogP contribution in [-0.4, -0.2) is 34.6 Å². The molecule has 3 nitrogen and oxygen atoms in total. The van der Waals surface area contributed by atoms with Gasteiger partial charge in [-0.1, -0.05) is 25.5 Å². The molecule has 0 spiro atoms. The van der Waals surface area contributed by atoms with Gasteiger partial charge in [0.15, 0.2) is 16.6 Å². The molecule has 0 N–H and O–H groups in total. The fourth-order valence-corrected chi connectivity index (χ4v) is 10.1. The molecule has 30 heavy (non-hydrogen) atoms. The van der Waals surface area contributed by atoms with Crippen LogP contribution in [0.5, 0.6) is 0 Å². The predicted octanol–water partition coefficient (Wildman–Crippen LogP) is 6.57. The highest BCUT2D eigenvalue weighted by Gasteiger charge is 2.62. The molecule has 7 atom stereocenters. The van der Waals surface area contributed by atoms with Gasteiger partial charge in [0.25, 0.3) is 0 Å². The zero-order chi connectivity index (χ0) is 22.1. The van der Waals surface area contributed by atoms with Gasteiger partial charge in [0, 0.05) is 23.9 Å². The van der Waals surface area contributed by atoms with Gasteiger partial charge in [-0.25, -0.2) is 0 Å². The molecule has 0 unspecified atom stereocenters. The Balaban J connectivity index is 1.59. The van der Waals surface area contributed by atoms with Crippen LogP contribution >= 0.6 is 0 Å². The quantitative estimate of drug-likeness (QED) is 0.360. The molecule has 4 rings (SSSR count). The van der Waals surface area contributed by atoms with Crippen molar-refractivity contribution in [2.75, 3.05) is 0 Å². The number of allylic oxidation sites excluding steroid dienone is 1.